The molecule has 0 unspecified atom stereocenters. The zero-order valence-corrected chi connectivity index (χ0v) is 15.6. The van der Waals surface area contributed by atoms with Crippen molar-refractivity contribution < 1.29 is 4.57 Å². The fourth-order valence-electron chi connectivity index (χ4n) is 4.01. The number of para-hydroxylation sites is 1. The molecule has 27 heavy (non-hydrogen) atoms. The third-order valence-electron chi connectivity index (χ3n) is 5.44. The minimum absolute atomic E-state index is 1.23. The highest BCUT2D eigenvalue weighted by Crippen LogP contribution is 2.32. The van der Waals surface area contributed by atoms with Gasteiger partial charge in [-0.1, -0.05) is 60.7 Å². The Kier molecular flexibility index (Phi) is 3.58. The maximum absolute atomic E-state index is 2.32. The van der Waals surface area contributed by atoms with Gasteiger partial charge in [0.2, 0.25) is 5.69 Å². The number of nitrogens with zero attached hydrogens (tertiary/aromatic N) is 2. The van der Waals surface area contributed by atoms with Crippen LogP contribution in [0.25, 0.3) is 44.2 Å². The molecule has 2 aromatic heterocycles. The predicted molar refractivity (Wildman–Crippen MR) is 112 cm³/mol. The molecule has 2 heterocycles. The molecular weight excluding hydrogens is 328 g/mol. The molecule has 130 valence electrons. The van der Waals surface area contributed by atoms with E-state index in [1.165, 1.54) is 44.2 Å². The molecule has 2 heteroatoms. The minimum atomic E-state index is 1.23. The van der Waals surface area contributed by atoms with E-state index in [0.29, 0.717) is 0 Å². The second-order valence-electron chi connectivity index (χ2n) is 7.09. The van der Waals surface area contributed by atoms with Crippen molar-refractivity contribution in [2.45, 2.75) is 0 Å². The molecule has 0 saturated carbocycles. The number of benzene rings is 3. The lowest BCUT2D eigenvalue weighted by Gasteiger charge is -2.09. The molecule has 0 aliphatic rings. The Hall–Kier alpha value is -3.39. The zero-order valence-electron chi connectivity index (χ0n) is 15.6. The molecule has 0 amide bonds. The molecule has 0 saturated heterocycles. The number of pyridine rings is 1. The maximum Gasteiger partial charge on any atom is 0.236 e. The highest BCUT2D eigenvalue weighted by Gasteiger charge is 2.20. The second kappa shape index (κ2) is 6.10. The fourth-order valence-corrected chi connectivity index (χ4v) is 4.01. The monoisotopic (exact) mass is 349 g/mol. The lowest BCUT2D eigenvalue weighted by molar-refractivity contribution is -0.659. The number of fused-ring (bicyclic) bond motifs is 2. The smallest absolute Gasteiger partial charge is 0.236 e. The molecule has 0 atom stereocenters. The summed E-state index contributed by atoms with van der Waals surface area (Å²) in [5.41, 5.74) is 6.21. The van der Waals surface area contributed by atoms with Crippen molar-refractivity contribution in [1.82, 2.24) is 4.57 Å². The van der Waals surface area contributed by atoms with Crippen LogP contribution in [0.4, 0.5) is 0 Å². The molecule has 0 bridgehead atoms. The highest BCUT2D eigenvalue weighted by atomic mass is 15.0. The molecule has 5 aromatic rings. The fraction of sp³-hybridized carbons (Fsp3) is 0.0800. The Morgan fingerprint density at radius 1 is 0.704 bits per heavy atom. The number of hydrogen-bond donors (Lipinski definition) is 0. The van der Waals surface area contributed by atoms with Crippen molar-refractivity contribution in [2.75, 3.05) is 0 Å². The predicted octanol–water partition coefficient (Wildman–Crippen LogP) is 5.49. The van der Waals surface area contributed by atoms with Crippen LogP contribution in [-0.2, 0) is 14.1 Å². The lowest BCUT2D eigenvalue weighted by Crippen LogP contribution is -2.31. The first-order chi connectivity index (χ1) is 13.2. The van der Waals surface area contributed by atoms with Gasteiger partial charge in [-0.25, -0.2) is 0 Å². The summed E-state index contributed by atoms with van der Waals surface area (Å²) in [6.45, 7) is 0. The summed E-state index contributed by atoms with van der Waals surface area (Å²) in [5, 5.41) is 3.80. The zero-order chi connectivity index (χ0) is 18.4. The highest BCUT2D eigenvalue weighted by molar-refractivity contribution is 5.98. The van der Waals surface area contributed by atoms with E-state index < -0.39 is 0 Å². The number of hydrogen-bond acceptors (Lipinski definition) is 0. The van der Waals surface area contributed by atoms with Gasteiger partial charge in [-0.05, 0) is 34.7 Å². The summed E-state index contributed by atoms with van der Waals surface area (Å²) in [5.74, 6) is 0. The molecule has 0 aliphatic heterocycles. The molecular formula is C25H21N2+. The molecule has 0 aliphatic carbocycles. The van der Waals surface area contributed by atoms with Gasteiger partial charge in [0.05, 0.1) is 5.39 Å². The molecule has 0 spiro atoms. The van der Waals surface area contributed by atoms with Gasteiger partial charge in [-0.15, -0.1) is 0 Å². The first-order valence-corrected chi connectivity index (χ1v) is 9.25. The molecule has 0 N–H and O–H groups in total. The summed E-state index contributed by atoms with van der Waals surface area (Å²) >= 11 is 0. The van der Waals surface area contributed by atoms with Crippen LogP contribution >= 0.6 is 0 Å². The topological polar surface area (TPSA) is 8.81 Å². The van der Waals surface area contributed by atoms with Crippen LogP contribution in [0.2, 0.25) is 0 Å². The third kappa shape index (κ3) is 2.53. The third-order valence-corrected chi connectivity index (χ3v) is 5.44. The van der Waals surface area contributed by atoms with Crippen LogP contribution in [0.15, 0.2) is 91.1 Å². The largest absolute Gasteiger partial charge is 0.339 e. The van der Waals surface area contributed by atoms with Crippen molar-refractivity contribution in [1.29, 1.82) is 0 Å². The van der Waals surface area contributed by atoms with Crippen LogP contribution in [0.3, 0.4) is 0 Å². The van der Waals surface area contributed by atoms with Crippen molar-refractivity contribution in [3.63, 3.8) is 0 Å². The van der Waals surface area contributed by atoms with Crippen molar-refractivity contribution >= 4 is 21.7 Å². The van der Waals surface area contributed by atoms with Crippen LogP contribution in [0, 0.1) is 0 Å². The Morgan fingerprint density at radius 3 is 2.30 bits per heavy atom. The van der Waals surface area contributed by atoms with Crippen LogP contribution in [0.1, 0.15) is 0 Å². The SMILES string of the molecule is Cn1c(-c2c3cc(-c4ccccc4)ccc3cc[n+]2C)cc2ccccc21. The van der Waals surface area contributed by atoms with Gasteiger partial charge in [0.25, 0.3) is 0 Å². The molecule has 0 fully saturated rings. The van der Waals surface area contributed by atoms with E-state index in [1.807, 2.05) is 0 Å². The summed E-state index contributed by atoms with van der Waals surface area (Å²) in [6.07, 6.45) is 2.15. The maximum atomic E-state index is 2.32. The Bertz CT molecular complexity index is 1280. The van der Waals surface area contributed by atoms with Gasteiger partial charge >= 0.3 is 0 Å². The van der Waals surface area contributed by atoms with Crippen molar-refractivity contribution in [2.24, 2.45) is 14.1 Å². The van der Waals surface area contributed by atoms with Crippen molar-refractivity contribution in [3.05, 3.63) is 91.1 Å². The average Bonchev–Trinajstić information content (AvgIpc) is 3.04. The van der Waals surface area contributed by atoms with Gasteiger partial charge in [0, 0.05) is 24.0 Å². The Morgan fingerprint density at radius 2 is 1.48 bits per heavy atom. The van der Waals surface area contributed by atoms with E-state index in [0.717, 1.165) is 0 Å². The quantitative estimate of drug-likeness (QED) is 0.373. The van der Waals surface area contributed by atoms with E-state index in [1.54, 1.807) is 0 Å². The second-order valence-corrected chi connectivity index (χ2v) is 7.09. The van der Waals surface area contributed by atoms with Crippen LogP contribution in [-0.4, -0.2) is 4.57 Å². The van der Waals surface area contributed by atoms with E-state index in [9.17, 15) is 0 Å². The summed E-state index contributed by atoms with van der Waals surface area (Å²) in [6, 6.07) is 30.4. The first kappa shape index (κ1) is 15.8. The lowest BCUT2D eigenvalue weighted by atomic mass is 9.99. The Balaban J connectivity index is 1.82. The first-order valence-electron chi connectivity index (χ1n) is 9.25. The van der Waals surface area contributed by atoms with E-state index in [4.69, 9.17) is 0 Å². The molecule has 5 rings (SSSR count). The van der Waals surface area contributed by atoms with Crippen LogP contribution in [0.5, 0.6) is 0 Å². The van der Waals surface area contributed by atoms with E-state index in [2.05, 4.69) is 114 Å². The number of aromatic nitrogens is 2. The van der Waals surface area contributed by atoms with Gasteiger partial charge in [0.15, 0.2) is 6.20 Å². The number of aryl methyl sites for hydroxylation is 2. The van der Waals surface area contributed by atoms with Gasteiger partial charge in [-0.2, -0.15) is 4.57 Å². The van der Waals surface area contributed by atoms with Crippen molar-refractivity contribution in [3.8, 4) is 22.5 Å². The number of rotatable bonds is 2. The van der Waals surface area contributed by atoms with Gasteiger partial charge in [0.1, 0.15) is 12.7 Å². The summed E-state index contributed by atoms with van der Waals surface area (Å²) < 4.78 is 4.52. The van der Waals surface area contributed by atoms with E-state index >= 15 is 0 Å². The van der Waals surface area contributed by atoms with Crippen LogP contribution < -0.4 is 4.57 Å². The summed E-state index contributed by atoms with van der Waals surface area (Å²) in [7, 11) is 4.28. The minimum Gasteiger partial charge on any atom is -0.339 e. The van der Waals surface area contributed by atoms with E-state index in [-0.39, 0.29) is 0 Å². The molecule has 0 radical (unpaired) electrons. The molecule has 2 nitrogen and oxygen atoms in total. The van der Waals surface area contributed by atoms with Gasteiger partial charge < -0.3 is 4.57 Å². The Labute approximate surface area is 158 Å². The normalized spacial score (nSPS) is 11.3. The van der Waals surface area contributed by atoms with Gasteiger partial charge in [-0.3, -0.25) is 0 Å². The molecule has 3 aromatic carbocycles. The average molecular weight is 349 g/mol. The standard InChI is InChI=1S/C25H21N2/c1-26-15-14-19-12-13-20(18-8-4-3-5-9-18)16-22(19)25(26)24-17-21-10-6-7-11-23(21)27(24)2/h3-17H,1-2H3/q+1. The summed E-state index contributed by atoms with van der Waals surface area (Å²) in [4.78, 5) is 0.